The largest absolute Gasteiger partial charge is 0.462 e. The van der Waals surface area contributed by atoms with Crippen LogP contribution in [0.2, 0.25) is 0 Å². The van der Waals surface area contributed by atoms with E-state index in [1.807, 2.05) is 0 Å². The van der Waals surface area contributed by atoms with E-state index < -0.39 is 27.4 Å². The lowest BCUT2D eigenvalue weighted by Crippen LogP contribution is -2.33. The molecule has 2 aromatic rings. The van der Waals surface area contributed by atoms with Crippen LogP contribution in [0.4, 0.5) is 16.2 Å². The number of hydrogen-bond donors (Lipinski definition) is 1. The molecule has 2 aromatic carbocycles. The second-order valence-corrected chi connectivity index (χ2v) is 7.11. The van der Waals surface area contributed by atoms with Gasteiger partial charge in [0.05, 0.1) is 23.6 Å². The fourth-order valence-corrected chi connectivity index (χ4v) is 3.56. The number of nitrogens with one attached hydrogen (secondary N) is 1. The summed E-state index contributed by atoms with van der Waals surface area (Å²) in [6.07, 6.45) is 0. The number of nitro benzene ring substituents is 1. The van der Waals surface area contributed by atoms with Gasteiger partial charge >= 0.3 is 5.97 Å². The minimum absolute atomic E-state index is 0.0304. The van der Waals surface area contributed by atoms with Crippen LogP contribution in [0.3, 0.4) is 0 Å². The Morgan fingerprint density at radius 3 is 2.41 bits per heavy atom. The molecule has 0 aliphatic carbocycles. The highest BCUT2D eigenvalue weighted by Crippen LogP contribution is 2.30. The monoisotopic (exact) mass is 415 g/mol. The van der Waals surface area contributed by atoms with E-state index in [4.69, 9.17) is 4.74 Å². The number of anilines is 1. The fraction of sp³-hybridized carbons (Fsp3) is 0.211. The van der Waals surface area contributed by atoms with Crippen LogP contribution >= 0.6 is 11.8 Å². The topological polar surface area (TPSA) is 119 Å². The number of carbonyl (C=O) groups excluding carboxylic acids is 3. The Kier molecular flexibility index (Phi) is 6.13. The third kappa shape index (κ3) is 4.72. The molecule has 150 valence electrons. The van der Waals surface area contributed by atoms with Gasteiger partial charge in [-0.2, -0.15) is 0 Å². The summed E-state index contributed by atoms with van der Waals surface area (Å²) in [6, 6.07) is 12.1. The second-order valence-electron chi connectivity index (χ2n) is 6.05. The van der Waals surface area contributed by atoms with E-state index in [0.717, 1.165) is 16.7 Å². The molecule has 1 fully saturated rings. The number of carbonyl (C=O) groups is 3. The Hall–Kier alpha value is -3.40. The fourth-order valence-electron chi connectivity index (χ4n) is 2.65. The van der Waals surface area contributed by atoms with Crippen molar-refractivity contribution >= 4 is 40.3 Å². The van der Waals surface area contributed by atoms with E-state index >= 15 is 0 Å². The second kappa shape index (κ2) is 8.74. The first kappa shape index (κ1) is 20.3. The zero-order valence-corrected chi connectivity index (χ0v) is 16.2. The van der Waals surface area contributed by atoms with E-state index in [1.54, 1.807) is 31.2 Å². The SMILES string of the molecule is CCOC(=O)c1ccc(NC2SC(=O)N(Cc3ccc([N+](=O)[O-])cc3)C2=O)cc1. The summed E-state index contributed by atoms with van der Waals surface area (Å²) in [5, 5.41) is 12.5. The van der Waals surface area contributed by atoms with Gasteiger partial charge in [-0.25, -0.2) is 4.79 Å². The smallest absolute Gasteiger partial charge is 0.338 e. The van der Waals surface area contributed by atoms with Gasteiger partial charge < -0.3 is 10.1 Å². The minimum atomic E-state index is -0.797. The molecule has 1 unspecified atom stereocenters. The number of nitrogens with zero attached hydrogens (tertiary/aromatic N) is 2. The number of imide groups is 1. The van der Waals surface area contributed by atoms with Crippen LogP contribution in [0.5, 0.6) is 0 Å². The number of thioether (sulfide) groups is 1. The van der Waals surface area contributed by atoms with Gasteiger partial charge in [0.25, 0.3) is 16.8 Å². The van der Waals surface area contributed by atoms with Gasteiger partial charge in [-0.1, -0.05) is 12.1 Å². The van der Waals surface area contributed by atoms with Crippen molar-refractivity contribution in [1.29, 1.82) is 0 Å². The van der Waals surface area contributed by atoms with Crippen molar-refractivity contribution in [3.8, 4) is 0 Å². The highest BCUT2D eigenvalue weighted by atomic mass is 32.2. The molecule has 1 N–H and O–H groups in total. The Balaban J connectivity index is 1.64. The molecular weight excluding hydrogens is 398 g/mol. The highest BCUT2D eigenvalue weighted by molar-refractivity contribution is 8.15. The summed E-state index contributed by atoms with van der Waals surface area (Å²) < 4.78 is 4.92. The number of non-ortho nitro benzene ring substituents is 1. The molecule has 0 spiro atoms. The molecule has 1 aliphatic heterocycles. The molecule has 29 heavy (non-hydrogen) atoms. The maximum atomic E-state index is 12.6. The lowest BCUT2D eigenvalue weighted by atomic mass is 10.2. The van der Waals surface area contributed by atoms with Crippen LogP contribution in [0.1, 0.15) is 22.8 Å². The van der Waals surface area contributed by atoms with Crippen LogP contribution in [-0.2, 0) is 16.1 Å². The molecule has 10 heteroatoms. The third-order valence-corrected chi connectivity index (χ3v) is 5.09. The number of hydrogen-bond acceptors (Lipinski definition) is 8. The van der Waals surface area contributed by atoms with E-state index in [-0.39, 0.29) is 18.8 Å². The van der Waals surface area contributed by atoms with Crippen molar-refractivity contribution in [2.24, 2.45) is 0 Å². The van der Waals surface area contributed by atoms with E-state index in [2.05, 4.69) is 5.32 Å². The molecular formula is C19H17N3O6S. The maximum Gasteiger partial charge on any atom is 0.338 e. The summed E-state index contributed by atoms with van der Waals surface area (Å²) in [5.41, 5.74) is 1.51. The Labute approximate surface area is 170 Å². The molecule has 9 nitrogen and oxygen atoms in total. The predicted molar refractivity (Wildman–Crippen MR) is 106 cm³/mol. The molecule has 0 aromatic heterocycles. The molecule has 1 saturated heterocycles. The number of rotatable bonds is 7. The van der Waals surface area contributed by atoms with E-state index in [9.17, 15) is 24.5 Å². The Morgan fingerprint density at radius 2 is 1.83 bits per heavy atom. The van der Waals surface area contributed by atoms with Crippen molar-refractivity contribution in [1.82, 2.24) is 4.90 Å². The first-order chi connectivity index (χ1) is 13.9. The Morgan fingerprint density at radius 1 is 1.17 bits per heavy atom. The molecule has 1 aliphatic rings. The summed E-state index contributed by atoms with van der Waals surface area (Å²) in [4.78, 5) is 47.8. The summed E-state index contributed by atoms with van der Waals surface area (Å²) >= 11 is 0.849. The van der Waals surface area contributed by atoms with Crippen LogP contribution in [0.15, 0.2) is 48.5 Å². The molecule has 2 amide bonds. The zero-order chi connectivity index (χ0) is 21.0. The number of nitro groups is 1. The average Bonchev–Trinajstić information content (AvgIpc) is 2.96. The van der Waals surface area contributed by atoms with Crippen LogP contribution in [-0.4, -0.2) is 38.9 Å². The third-order valence-electron chi connectivity index (χ3n) is 4.11. The van der Waals surface area contributed by atoms with Gasteiger partial charge in [-0.05, 0) is 48.5 Å². The average molecular weight is 415 g/mol. The van der Waals surface area contributed by atoms with Gasteiger partial charge in [-0.3, -0.25) is 24.6 Å². The first-order valence-corrected chi connectivity index (χ1v) is 9.56. The number of esters is 1. The van der Waals surface area contributed by atoms with E-state index in [1.165, 1.54) is 24.3 Å². The van der Waals surface area contributed by atoms with Crippen molar-refractivity contribution < 1.29 is 24.0 Å². The number of benzene rings is 2. The summed E-state index contributed by atoms with van der Waals surface area (Å²) in [6.45, 7) is 2.03. The van der Waals surface area contributed by atoms with Crippen molar-refractivity contribution in [2.45, 2.75) is 18.8 Å². The highest BCUT2D eigenvalue weighted by Gasteiger charge is 2.39. The molecule has 0 bridgehead atoms. The molecule has 1 atom stereocenters. The van der Waals surface area contributed by atoms with Crippen molar-refractivity contribution in [3.05, 3.63) is 69.8 Å². The maximum absolute atomic E-state index is 12.6. The molecule has 3 rings (SSSR count). The van der Waals surface area contributed by atoms with Crippen molar-refractivity contribution in [3.63, 3.8) is 0 Å². The summed E-state index contributed by atoms with van der Waals surface area (Å²) in [7, 11) is 0. The molecule has 1 heterocycles. The zero-order valence-electron chi connectivity index (χ0n) is 15.4. The van der Waals surface area contributed by atoms with Crippen LogP contribution < -0.4 is 5.32 Å². The van der Waals surface area contributed by atoms with E-state index in [0.29, 0.717) is 16.8 Å². The van der Waals surface area contributed by atoms with Gasteiger partial charge in [-0.15, -0.1) is 0 Å². The Bertz CT molecular complexity index is 945. The lowest BCUT2D eigenvalue weighted by molar-refractivity contribution is -0.384. The van der Waals surface area contributed by atoms with Gasteiger partial charge in [0, 0.05) is 17.8 Å². The summed E-state index contributed by atoms with van der Waals surface area (Å²) in [5.74, 6) is -0.845. The first-order valence-electron chi connectivity index (χ1n) is 8.68. The number of amides is 2. The standard InChI is InChI=1S/C19H17N3O6S/c1-2-28-18(24)13-5-7-14(8-6-13)20-16-17(23)21(19(25)29-16)11-12-3-9-15(10-4-12)22(26)27/h3-10,16,20H,2,11H2,1H3. The normalized spacial score (nSPS) is 16.0. The van der Waals surface area contributed by atoms with Gasteiger partial charge in [0.1, 0.15) is 0 Å². The molecule has 0 saturated carbocycles. The number of ether oxygens (including phenoxy) is 1. The molecule has 0 radical (unpaired) electrons. The predicted octanol–water partition coefficient (Wildman–Crippen LogP) is 3.41. The van der Waals surface area contributed by atoms with Crippen LogP contribution in [0, 0.1) is 10.1 Å². The van der Waals surface area contributed by atoms with Crippen LogP contribution in [0.25, 0.3) is 0 Å². The van der Waals surface area contributed by atoms with Gasteiger partial charge in [0.15, 0.2) is 5.37 Å². The quantitative estimate of drug-likeness (QED) is 0.415. The lowest BCUT2D eigenvalue weighted by Gasteiger charge is -2.15. The minimum Gasteiger partial charge on any atom is -0.462 e. The van der Waals surface area contributed by atoms with Gasteiger partial charge in [0.2, 0.25) is 0 Å². The van der Waals surface area contributed by atoms with Crippen molar-refractivity contribution in [2.75, 3.05) is 11.9 Å².